The number of rotatable bonds is 5. The summed E-state index contributed by atoms with van der Waals surface area (Å²) in [6, 6.07) is 11.8. The molecule has 0 unspecified atom stereocenters. The van der Waals surface area contributed by atoms with Gasteiger partial charge in [0.25, 0.3) is 5.91 Å². The quantitative estimate of drug-likeness (QED) is 0.726. The van der Waals surface area contributed by atoms with E-state index >= 15 is 0 Å². The van der Waals surface area contributed by atoms with E-state index in [1.54, 1.807) is 41.0 Å². The largest absolute Gasteiger partial charge is 0.311 e. The van der Waals surface area contributed by atoms with Gasteiger partial charge in [-0.3, -0.25) is 9.20 Å². The summed E-state index contributed by atoms with van der Waals surface area (Å²) in [6.07, 6.45) is 6.80. The van der Waals surface area contributed by atoms with E-state index in [9.17, 15) is 4.79 Å². The lowest BCUT2D eigenvalue weighted by atomic mass is 10.1. The van der Waals surface area contributed by atoms with Crippen LogP contribution in [0.1, 0.15) is 35.7 Å². The van der Waals surface area contributed by atoms with Crippen molar-refractivity contribution in [2.45, 2.75) is 26.2 Å². The standard InChI is InChI=1S/C18H20N4O/c1-3-4-5-14-6-9-16(10-7-14)21(2)18(23)15-8-11-17-20-19-13-22(17)12-15/h6-13H,3-5H2,1-2H3. The first kappa shape index (κ1) is 15.2. The lowest BCUT2D eigenvalue weighted by Crippen LogP contribution is -2.26. The van der Waals surface area contributed by atoms with Gasteiger partial charge in [-0.1, -0.05) is 25.5 Å². The number of anilines is 1. The lowest BCUT2D eigenvalue weighted by Gasteiger charge is -2.18. The average molecular weight is 308 g/mol. The fourth-order valence-corrected chi connectivity index (χ4v) is 2.53. The second-order valence-electron chi connectivity index (χ2n) is 5.65. The first-order valence-electron chi connectivity index (χ1n) is 7.85. The fourth-order valence-electron chi connectivity index (χ4n) is 2.53. The Balaban J connectivity index is 1.78. The van der Waals surface area contributed by atoms with Crippen LogP contribution >= 0.6 is 0 Å². The molecule has 3 rings (SSSR count). The average Bonchev–Trinajstić information content (AvgIpc) is 3.06. The number of carbonyl (C=O) groups is 1. The van der Waals surface area contributed by atoms with Gasteiger partial charge in [0.05, 0.1) is 5.56 Å². The summed E-state index contributed by atoms with van der Waals surface area (Å²) >= 11 is 0. The third kappa shape index (κ3) is 3.23. The normalized spacial score (nSPS) is 10.9. The van der Waals surface area contributed by atoms with Gasteiger partial charge in [0.1, 0.15) is 6.33 Å². The van der Waals surface area contributed by atoms with Crippen LogP contribution in [0.3, 0.4) is 0 Å². The molecule has 0 aliphatic rings. The van der Waals surface area contributed by atoms with Crippen molar-refractivity contribution < 1.29 is 4.79 Å². The molecule has 0 spiro atoms. The molecule has 118 valence electrons. The van der Waals surface area contributed by atoms with Crippen molar-refractivity contribution in [1.82, 2.24) is 14.6 Å². The number of nitrogens with zero attached hydrogens (tertiary/aromatic N) is 4. The Morgan fingerprint density at radius 2 is 1.96 bits per heavy atom. The highest BCUT2D eigenvalue weighted by molar-refractivity contribution is 6.05. The number of hydrogen-bond donors (Lipinski definition) is 0. The van der Waals surface area contributed by atoms with Crippen molar-refractivity contribution in [3.05, 3.63) is 60.0 Å². The summed E-state index contributed by atoms with van der Waals surface area (Å²) in [6.45, 7) is 2.19. The molecular weight excluding hydrogens is 288 g/mol. The molecule has 2 aromatic heterocycles. The Morgan fingerprint density at radius 1 is 1.17 bits per heavy atom. The van der Waals surface area contributed by atoms with E-state index < -0.39 is 0 Å². The SMILES string of the molecule is CCCCc1ccc(N(C)C(=O)c2ccc3nncn3c2)cc1. The molecule has 1 aromatic carbocycles. The predicted octanol–water partition coefficient (Wildman–Crippen LogP) is 3.35. The lowest BCUT2D eigenvalue weighted by molar-refractivity contribution is 0.0992. The molecule has 0 aliphatic heterocycles. The van der Waals surface area contributed by atoms with Crippen molar-refractivity contribution in [3.63, 3.8) is 0 Å². The van der Waals surface area contributed by atoms with Crippen LogP contribution in [0, 0.1) is 0 Å². The zero-order valence-corrected chi connectivity index (χ0v) is 13.4. The molecule has 1 amide bonds. The van der Waals surface area contributed by atoms with E-state index in [0.29, 0.717) is 5.56 Å². The number of fused-ring (bicyclic) bond motifs is 1. The second-order valence-corrected chi connectivity index (χ2v) is 5.65. The third-order valence-corrected chi connectivity index (χ3v) is 3.99. The maximum atomic E-state index is 12.6. The number of hydrogen-bond acceptors (Lipinski definition) is 3. The minimum atomic E-state index is -0.0538. The molecule has 2 heterocycles. The number of benzene rings is 1. The monoisotopic (exact) mass is 308 g/mol. The molecule has 0 fully saturated rings. The topological polar surface area (TPSA) is 50.5 Å². The number of aryl methyl sites for hydroxylation is 1. The number of amides is 1. The molecule has 0 saturated carbocycles. The third-order valence-electron chi connectivity index (χ3n) is 3.99. The molecule has 3 aromatic rings. The number of carbonyl (C=O) groups excluding carboxylic acids is 1. The van der Waals surface area contributed by atoms with Gasteiger partial charge in [-0.15, -0.1) is 10.2 Å². The minimum absolute atomic E-state index is 0.0538. The molecule has 5 nitrogen and oxygen atoms in total. The van der Waals surface area contributed by atoms with Crippen LogP contribution in [-0.2, 0) is 6.42 Å². The summed E-state index contributed by atoms with van der Waals surface area (Å²) in [5.41, 5.74) is 3.53. The highest BCUT2D eigenvalue weighted by Gasteiger charge is 2.14. The Morgan fingerprint density at radius 3 is 2.70 bits per heavy atom. The van der Waals surface area contributed by atoms with E-state index in [2.05, 4.69) is 29.3 Å². The second kappa shape index (κ2) is 6.60. The number of pyridine rings is 1. The molecular formula is C18H20N4O. The van der Waals surface area contributed by atoms with E-state index in [0.717, 1.165) is 17.8 Å². The first-order chi connectivity index (χ1) is 11.2. The summed E-state index contributed by atoms with van der Waals surface area (Å²) in [5.74, 6) is -0.0538. The summed E-state index contributed by atoms with van der Waals surface area (Å²) in [7, 11) is 1.79. The van der Waals surface area contributed by atoms with Gasteiger partial charge in [-0.05, 0) is 42.7 Å². The summed E-state index contributed by atoms with van der Waals surface area (Å²) in [5, 5.41) is 7.77. The van der Waals surface area contributed by atoms with Gasteiger partial charge >= 0.3 is 0 Å². The summed E-state index contributed by atoms with van der Waals surface area (Å²) < 4.78 is 1.74. The maximum Gasteiger partial charge on any atom is 0.259 e. The van der Waals surface area contributed by atoms with Gasteiger partial charge in [0.15, 0.2) is 5.65 Å². The van der Waals surface area contributed by atoms with Crippen molar-refractivity contribution in [3.8, 4) is 0 Å². The van der Waals surface area contributed by atoms with Crippen LogP contribution in [0.5, 0.6) is 0 Å². The minimum Gasteiger partial charge on any atom is -0.311 e. The van der Waals surface area contributed by atoms with Crippen molar-refractivity contribution in [1.29, 1.82) is 0 Å². The Bertz CT molecular complexity index is 807. The molecule has 0 N–H and O–H groups in total. The van der Waals surface area contributed by atoms with E-state index in [1.165, 1.54) is 18.4 Å². The summed E-state index contributed by atoms with van der Waals surface area (Å²) in [4.78, 5) is 14.3. The number of aromatic nitrogens is 3. The molecule has 5 heteroatoms. The Labute approximate surface area is 135 Å². The molecule has 0 radical (unpaired) electrons. The van der Waals surface area contributed by atoms with Crippen molar-refractivity contribution in [2.24, 2.45) is 0 Å². The van der Waals surface area contributed by atoms with Gasteiger partial charge < -0.3 is 4.90 Å². The zero-order chi connectivity index (χ0) is 16.2. The Kier molecular flexibility index (Phi) is 4.37. The van der Waals surface area contributed by atoms with Crippen molar-refractivity contribution >= 4 is 17.2 Å². The van der Waals surface area contributed by atoms with E-state index in [4.69, 9.17) is 0 Å². The zero-order valence-electron chi connectivity index (χ0n) is 13.4. The van der Waals surface area contributed by atoms with Crippen LogP contribution in [-0.4, -0.2) is 27.6 Å². The smallest absolute Gasteiger partial charge is 0.259 e. The molecule has 0 aliphatic carbocycles. The van der Waals surface area contributed by atoms with Crippen LogP contribution in [0.15, 0.2) is 48.9 Å². The van der Waals surface area contributed by atoms with Crippen molar-refractivity contribution in [2.75, 3.05) is 11.9 Å². The molecule has 0 saturated heterocycles. The first-order valence-corrected chi connectivity index (χ1v) is 7.85. The number of unbranched alkanes of at least 4 members (excludes halogenated alkanes) is 1. The van der Waals surface area contributed by atoms with E-state index in [-0.39, 0.29) is 5.91 Å². The molecule has 23 heavy (non-hydrogen) atoms. The Hall–Kier alpha value is -2.69. The van der Waals surface area contributed by atoms with E-state index in [1.807, 2.05) is 12.1 Å². The van der Waals surface area contributed by atoms with Crippen LogP contribution in [0.25, 0.3) is 5.65 Å². The van der Waals surface area contributed by atoms with Gasteiger partial charge in [0, 0.05) is 18.9 Å². The highest BCUT2D eigenvalue weighted by atomic mass is 16.2. The highest BCUT2D eigenvalue weighted by Crippen LogP contribution is 2.18. The van der Waals surface area contributed by atoms with Crippen LogP contribution < -0.4 is 4.90 Å². The van der Waals surface area contributed by atoms with Crippen LogP contribution in [0.4, 0.5) is 5.69 Å². The van der Waals surface area contributed by atoms with Crippen LogP contribution in [0.2, 0.25) is 0 Å². The fraction of sp³-hybridized carbons (Fsp3) is 0.278. The van der Waals surface area contributed by atoms with Gasteiger partial charge in [-0.2, -0.15) is 0 Å². The maximum absolute atomic E-state index is 12.6. The van der Waals surface area contributed by atoms with Gasteiger partial charge in [-0.25, -0.2) is 0 Å². The van der Waals surface area contributed by atoms with Gasteiger partial charge in [0.2, 0.25) is 0 Å². The molecule has 0 bridgehead atoms. The predicted molar refractivity (Wildman–Crippen MR) is 90.8 cm³/mol. The molecule has 0 atom stereocenters.